The van der Waals surface area contributed by atoms with Crippen molar-refractivity contribution in [1.29, 1.82) is 0 Å². The van der Waals surface area contributed by atoms with Gasteiger partial charge in [0.1, 0.15) is 0 Å². The van der Waals surface area contributed by atoms with Crippen LogP contribution in [-0.2, 0) is 5.12 Å². The molecule has 1 aromatic rings. The van der Waals surface area contributed by atoms with E-state index < -0.39 is 5.12 Å². The van der Waals surface area contributed by atoms with Crippen molar-refractivity contribution >= 4 is 27.5 Å². The highest BCUT2D eigenvalue weighted by molar-refractivity contribution is 9.10. The third kappa shape index (κ3) is 1.30. The van der Waals surface area contributed by atoms with Gasteiger partial charge in [-0.2, -0.15) is 0 Å². The van der Waals surface area contributed by atoms with Gasteiger partial charge in [0, 0.05) is 10.0 Å². The van der Waals surface area contributed by atoms with Crippen LogP contribution in [0.3, 0.4) is 0 Å². The van der Waals surface area contributed by atoms with Gasteiger partial charge in [0.05, 0.1) is 0 Å². The zero-order valence-electron chi connectivity index (χ0n) is 5.46. The molecule has 0 unspecified atom stereocenters. The molecule has 0 atom stereocenters. The van der Waals surface area contributed by atoms with Crippen LogP contribution < -0.4 is 0 Å². The van der Waals surface area contributed by atoms with Gasteiger partial charge in [0.15, 0.2) is 0 Å². The van der Waals surface area contributed by atoms with E-state index in [9.17, 15) is 0 Å². The Labute approximate surface area is 77.4 Å². The zero-order chi connectivity index (χ0) is 7.90. The number of halogens is 2. The molecule has 1 aliphatic heterocycles. The van der Waals surface area contributed by atoms with E-state index in [4.69, 9.17) is 11.6 Å². The van der Waals surface area contributed by atoms with E-state index >= 15 is 0 Å². The average Bonchev–Trinajstić information content (AvgIpc) is 2.70. The quantitative estimate of drug-likeness (QED) is 0.523. The van der Waals surface area contributed by atoms with Crippen LogP contribution >= 0.6 is 27.5 Å². The van der Waals surface area contributed by atoms with Crippen molar-refractivity contribution in [2.24, 2.45) is 10.2 Å². The van der Waals surface area contributed by atoms with Gasteiger partial charge >= 0.3 is 0 Å². The maximum absolute atomic E-state index is 5.89. The molecule has 11 heavy (non-hydrogen) atoms. The lowest BCUT2D eigenvalue weighted by atomic mass is 10.2. The second-order valence-corrected chi connectivity index (χ2v) is 3.74. The Morgan fingerprint density at radius 2 is 2.09 bits per heavy atom. The molecule has 0 aliphatic carbocycles. The molecule has 56 valence electrons. The molecule has 0 bridgehead atoms. The Morgan fingerprint density at radius 3 is 2.64 bits per heavy atom. The van der Waals surface area contributed by atoms with Crippen LogP contribution in [0.5, 0.6) is 0 Å². The predicted molar refractivity (Wildman–Crippen MR) is 46.5 cm³/mol. The number of nitrogens with zero attached hydrogens (tertiary/aromatic N) is 2. The fraction of sp³-hybridized carbons (Fsp3) is 0.143. The first-order valence-electron chi connectivity index (χ1n) is 3.10. The van der Waals surface area contributed by atoms with Crippen molar-refractivity contribution in [3.63, 3.8) is 0 Å². The van der Waals surface area contributed by atoms with Gasteiger partial charge in [-0.15, -0.1) is 10.2 Å². The highest BCUT2D eigenvalue weighted by Crippen LogP contribution is 2.43. The van der Waals surface area contributed by atoms with Gasteiger partial charge in [-0.05, 0) is 12.1 Å². The highest BCUT2D eigenvalue weighted by atomic mass is 79.9. The number of rotatable bonds is 1. The summed E-state index contributed by atoms with van der Waals surface area (Å²) in [5.41, 5.74) is 0.911. The third-order valence-electron chi connectivity index (χ3n) is 1.47. The number of alkyl halides is 1. The molecule has 0 saturated carbocycles. The van der Waals surface area contributed by atoms with Gasteiger partial charge in [-0.25, -0.2) is 0 Å². The molecule has 0 N–H and O–H groups in total. The molecule has 0 saturated heterocycles. The number of benzene rings is 1. The molecular formula is C7H4BrClN2. The summed E-state index contributed by atoms with van der Waals surface area (Å²) in [5.74, 6) is 0. The van der Waals surface area contributed by atoms with Gasteiger partial charge in [0.25, 0.3) is 5.12 Å². The lowest BCUT2D eigenvalue weighted by Crippen LogP contribution is -1.96. The standard InChI is InChI=1S/C7H4BrClN2/c8-6-3-1-2-5(4-6)7(9)10-11-7/h1-4H. The van der Waals surface area contributed by atoms with Crippen LogP contribution in [0.4, 0.5) is 0 Å². The van der Waals surface area contributed by atoms with Crippen molar-refractivity contribution in [3.8, 4) is 0 Å². The minimum absolute atomic E-state index is 0.774. The number of hydrogen-bond donors (Lipinski definition) is 0. The lowest BCUT2D eigenvalue weighted by Gasteiger charge is -2.00. The van der Waals surface area contributed by atoms with Gasteiger partial charge in [-0.1, -0.05) is 39.7 Å². The second kappa shape index (κ2) is 2.29. The van der Waals surface area contributed by atoms with E-state index in [1.165, 1.54) is 0 Å². The Balaban J connectivity index is 2.39. The molecule has 1 aliphatic rings. The Hall–Kier alpha value is -0.410. The van der Waals surface area contributed by atoms with Crippen molar-refractivity contribution in [2.45, 2.75) is 5.12 Å². The Kier molecular flexibility index (Phi) is 1.51. The molecule has 0 fully saturated rings. The molecule has 4 heteroatoms. The first kappa shape index (κ1) is 7.25. The third-order valence-corrected chi connectivity index (χ3v) is 2.33. The molecule has 1 heterocycles. The summed E-state index contributed by atoms with van der Waals surface area (Å²) in [7, 11) is 0. The normalized spacial score (nSPS) is 18.4. The van der Waals surface area contributed by atoms with Crippen molar-refractivity contribution in [1.82, 2.24) is 0 Å². The van der Waals surface area contributed by atoms with Crippen LogP contribution in [0.25, 0.3) is 0 Å². The molecule has 0 amide bonds. The summed E-state index contributed by atoms with van der Waals surface area (Å²) < 4.78 is 0.993. The summed E-state index contributed by atoms with van der Waals surface area (Å²) in [5, 5.41) is 6.66. The van der Waals surface area contributed by atoms with E-state index in [-0.39, 0.29) is 0 Å². The predicted octanol–water partition coefficient (Wildman–Crippen LogP) is 3.26. The first-order chi connectivity index (χ1) is 5.21. The minimum Gasteiger partial charge on any atom is -0.135 e. The van der Waals surface area contributed by atoms with Gasteiger partial charge in [-0.3, -0.25) is 0 Å². The van der Waals surface area contributed by atoms with E-state index in [2.05, 4.69) is 26.2 Å². The summed E-state index contributed by atoms with van der Waals surface area (Å²) >= 11 is 9.23. The van der Waals surface area contributed by atoms with E-state index in [1.807, 2.05) is 24.3 Å². The molecule has 2 nitrogen and oxygen atoms in total. The molecule has 1 aromatic carbocycles. The second-order valence-electron chi connectivity index (χ2n) is 2.30. The topological polar surface area (TPSA) is 24.7 Å². The summed E-state index contributed by atoms with van der Waals surface area (Å²) in [6.07, 6.45) is 0. The van der Waals surface area contributed by atoms with Crippen molar-refractivity contribution in [3.05, 3.63) is 34.3 Å². The van der Waals surface area contributed by atoms with Crippen LogP contribution in [0.2, 0.25) is 0 Å². The van der Waals surface area contributed by atoms with Crippen LogP contribution in [0.1, 0.15) is 5.56 Å². The van der Waals surface area contributed by atoms with E-state index in [1.54, 1.807) is 0 Å². The van der Waals surface area contributed by atoms with E-state index in [0.29, 0.717) is 0 Å². The summed E-state index contributed by atoms with van der Waals surface area (Å²) in [6.45, 7) is 0. The zero-order valence-corrected chi connectivity index (χ0v) is 7.80. The molecule has 0 aromatic heterocycles. The summed E-state index contributed by atoms with van der Waals surface area (Å²) in [4.78, 5) is 0. The summed E-state index contributed by atoms with van der Waals surface area (Å²) in [6, 6.07) is 7.66. The first-order valence-corrected chi connectivity index (χ1v) is 4.27. The fourth-order valence-corrected chi connectivity index (χ4v) is 1.40. The van der Waals surface area contributed by atoms with Gasteiger partial charge in [0.2, 0.25) is 0 Å². The molecule has 2 rings (SSSR count). The maximum Gasteiger partial charge on any atom is 0.289 e. The largest absolute Gasteiger partial charge is 0.289 e. The molecule has 0 radical (unpaired) electrons. The van der Waals surface area contributed by atoms with Crippen molar-refractivity contribution in [2.75, 3.05) is 0 Å². The average molecular weight is 231 g/mol. The Morgan fingerprint density at radius 1 is 1.36 bits per heavy atom. The monoisotopic (exact) mass is 230 g/mol. The van der Waals surface area contributed by atoms with E-state index in [0.717, 1.165) is 10.0 Å². The van der Waals surface area contributed by atoms with Crippen molar-refractivity contribution < 1.29 is 0 Å². The smallest absolute Gasteiger partial charge is 0.135 e. The minimum atomic E-state index is -0.774. The molecule has 0 spiro atoms. The van der Waals surface area contributed by atoms with Crippen LogP contribution in [0.15, 0.2) is 39.0 Å². The fourth-order valence-electron chi connectivity index (χ4n) is 0.846. The lowest BCUT2D eigenvalue weighted by molar-refractivity contribution is 0.939. The Bertz CT molecular complexity index is 318. The number of hydrogen-bond acceptors (Lipinski definition) is 2. The SMILES string of the molecule is ClC1(c2cccc(Br)c2)N=N1. The van der Waals surface area contributed by atoms with Crippen LogP contribution in [-0.4, -0.2) is 0 Å². The molecular weight excluding hydrogens is 227 g/mol. The maximum atomic E-state index is 5.89. The highest BCUT2D eigenvalue weighted by Gasteiger charge is 2.39. The van der Waals surface area contributed by atoms with Gasteiger partial charge < -0.3 is 0 Å². The van der Waals surface area contributed by atoms with Crippen LogP contribution in [0, 0.1) is 0 Å².